The summed E-state index contributed by atoms with van der Waals surface area (Å²) in [6.45, 7) is 2.04. The molecule has 4 heteroatoms. The third kappa shape index (κ3) is 2.42. The molecule has 1 aromatic heterocycles. The molecule has 0 spiro atoms. The Hall–Kier alpha value is -0.610. The number of hydrogen-bond acceptors (Lipinski definition) is 3. The lowest BCUT2D eigenvalue weighted by atomic mass is 10.2. The van der Waals surface area contributed by atoms with Crippen molar-refractivity contribution in [2.75, 3.05) is 14.2 Å². The normalized spacial score (nSPS) is 12.6. The Balaban J connectivity index is 3.05. The minimum absolute atomic E-state index is 0.197. The van der Waals surface area contributed by atoms with Crippen molar-refractivity contribution in [1.82, 2.24) is 10.3 Å². The van der Waals surface area contributed by atoms with Crippen molar-refractivity contribution in [2.45, 2.75) is 13.0 Å². The fourth-order valence-corrected chi connectivity index (χ4v) is 1.37. The van der Waals surface area contributed by atoms with Crippen LogP contribution in [0.1, 0.15) is 18.7 Å². The van der Waals surface area contributed by atoms with Gasteiger partial charge in [-0.3, -0.25) is 4.98 Å². The van der Waals surface area contributed by atoms with E-state index in [1.807, 2.05) is 20.0 Å². The summed E-state index contributed by atoms with van der Waals surface area (Å²) >= 11 is 3.35. The molecular formula is C9H13BrN2O. The molecule has 72 valence electrons. The van der Waals surface area contributed by atoms with Crippen molar-refractivity contribution in [3.63, 3.8) is 0 Å². The van der Waals surface area contributed by atoms with Gasteiger partial charge in [-0.2, -0.15) is 0 Å². The summed E-state index contributed by atoms with van der Waals surface area (Å²) in [5, 5.41) is 3.12. The maximum Gasteiger partial charge on any atom is 0.143 e. The minimum atomic E-state index is 0.197. The lowest BCUT2D eigenvalue weighted by Gasteiger charge is -2.13. The summed E-state index contributed by atoms with van der Waals surface area (Å²) in [5.41, 5.74) is 0.924. The lowest BCUT2D eigenvalue weighted by Crippen LogP contribution is -2.14. The molecule has 13 heavy (non-hydrogen) atoms. The van der Waals surface area contributed by atoms with Crippen LogP contribution in [0.4, 0.5) is 0 Å². The minimum Gasteiger partial charge on any atom is -0.495 e. The first-order chi connectivity index (χ1) is 6.19. The molecule has 0 aliphatic rings. The van der Waals surface area contributed by atoms with Crippen molar-refractivity contribution in [3.05, 3.63) is 22.4 Å². The van der Waals surface area contributed by atoms with E-state index >= 15 is 0 Å². The Kier molecular flexibility index (Phi) is 3.69. The third-order valence-corrected chi connectivity index (χ3v) is 2.35. The molecule has 0 saturated heterocycles. The highest BCUT2D eigenvalue weighted by atomic mass is 79.9. The van der Waals surface area contributed by atoms with Crippen molar-refractivity contribution in [2.24, 2.45) is 0 Å². The molecule has 1 atom stereocenters. The zero-order chi connectivity index (χ0) is 9.84. The zero-order valence-electron chi connectivity index (χ0n) is 7.97. The first-order valence-electron chi connectivity index (χ1n) is 4.05. The molecule has 0 amide bonds. The average Bonchev–Trinajstić information content (AvgIpc) is 2.16. The first-order valence-corrected chi connectivity index (χ1v) is 4.85. The molecule has 0 saturated carbocycles. The van der Waals surface area contributed by atoms with Gasteiger partial charge in [0.05, 0.1) is 18.8 Å². The monoisotopic (exact) mass is 244 g/mol. The van der Waals surface area contributed by atoms with Crippen LogP contribution in [0.5, 0.6) is 5.75 Å². The van der Waals surface area contributed by atoms with Crippen molar-refractivity contribution in [3.8, 4) is 5.75 Å². The van der Waals surface area contributed by atoms with E-state index in [4.69, 9.17) is 4.74 Å². The second-order valence-electron chi connectivity index (χ2n) is 2.75. The SMILES string of the molecule is CN[C@H](C)c1ncc(Br)cc1OC. The highest BCUT2D eigenvalue weighted by Gasteiger charge is 2.10. The van der Waals surface area contributed by atoms with Gasteiger partial charge in [-0.1, -0.05) is 0 Å². The van der Waals surface area contributed by atoms with Gasteiger partial charge in [0.2, 0.25) is 0 Å². The molecule has 0 radical (unpaired) electrons. The van der Waals surface area contributed by atoms with Crippen LogP contribution in [0.2, 0.25) is 0 Å². The number of hydrogen-bond donors (Lipinski definition) is 1. The Bertz CT molecular complexity index is 291. The predicted octanol–water partition coefficient (Wildman–Crippen LogP) is 2.13. The summed E-state index contributed by atoms with van der Waals surface area (Å²) in [6.07, 6.45) is 1.77. The van der Waals surface area contributed by atoms with Gasteiger partial charge < -0.3 is 10.1 Å². The van der Waals surface area contributed by atoms with E-state index in [0.29, 0.717) is 0 Å². The predicted molar refractivity (Wildman–Crippen MR) is 56.0 cm³/mol. The number of rotatable bonds is 3. The highest BCUT2D eigenvalue weighted by Crippen LogP contribution is 2.25. The molecule has 3 nitrogen and oxygen atoms in total. The molecule has 1 rings (SSSR count). The van der Waals surface area contributed by atoms with E-state index in [9.17, 15) is 0 Å². The third-order valence-electron chi connectivity index (χ3n) is 1.91. The number of aromatic nitrogens is 1. The second-order valence-corrected chi connectivity index (χ2v) is 3.67. The van der Waals surface area contributed by atoms with Crippen LogP contribution in [0.15, 0.2) is 16.7 Å². The van der Waals surface area contributed by atoms with Gasteiger partial charge in [0, 0.05) is 10.7 Å². The Morgan fingerprint density at radius 3 is 2.85 bits per heavy atom. The van der Waals surface area contributed by atoms with Crippen LogP contribution in [0.25, 0.3) is 0 Å². The van der Waals surface area contributed by atoms with Crippen LogP contribution >= 0.6 is 15.9 Å². The van der Waals surface area contributed by atoms with Gasteiger partial charge >= 0.3 is 0 Å². The molecule has 1 N–H and O–H groups in total. The van der Waals surface area contributed by atoms with Gasteiger partial charge in [0.1, 0.15) is 5.75 Å². The summed E-state index contributed by atoms with van der Waals surface area (Å²) in [6, 6.07) is 2.11. The standard InChI is InChI=1S/C9H13BrN2O/c1-6(11-2)9-8(13-3)4-7(10)5-12-9/h4-6,11H,1-3H3/t6-/m1/s1. The van der Waals surface area contributed by atoms with Gasteiger partial charge in [-0.25, -0.2) is 0 Å². The molecule has 0 aliphatic heterocycles. The smallest absolute Gasteiger partial charge is 0.143 e. The Morgan fingerprint density at radius 1 is 1.62 bits per heavy atom. The van der Waals surface area contributed by atoms with Gasteiger partial charge in [-0.05, 0) is 36.0 Å². The summed E-state index contributed by atoms with van der Waals surface area (Å²) in [5.74, 6) is 0.802. The van der Waals surface area contributed by atoms with Crippen LogP contribution in [0, 0.1) is 0 Å². The van der Waals surface area contributed by atoms with Crippen LogP contribution in [-0.4, -0.2) is 19.1 Å². The highest BCUT2D eigenvalue weighted by molar-refractivity contribution is 9.10. The average molecular weight is 245 g/mol. The number of ether oxygens (including phenoxy) is 1. The summed E-state index contributed by atoms with van der Waals surface area (Å²) in [4.78, 5) is 4.29. The molecular weight excluding hydrogens is 232 g/mol. The van der Waals surface area contributed by atoms with Gasteiger partial charge in [0.15, 0.2) is 0 Å². The molecule has 1 aromatic rings. The molecule has 0 aliphatic carbocycles. The van der Waals surface area contributed by atoms with Crippen LogP contribution < -0.4 is 10.1 Å². The van der Waals surface area contributed by atoms with Gasteiger partial charge in [0.25, 0.3) is 0 Å². The molecule has 0 bridgehead atoms. The zero-order valence-corrected chi connectivity index (χ0v) is 9.55. The maximum absolute atomic E-state index is 5.22. The molecule has 0 fully saturated rings. The van der Waals surface area contributed by atoms with E-state index in [0.717, 1.165) is 15.9 Å². The largest absolute Gasteiger partial charge is 0.495 e. The fraction of sp³-hybridized carbons (Fsp3) is 0.444. The van der Waals surface area contributed by atoms with Crippen LogP contribution in [0.3, 0.4) is 0 Å². The van der Waals surface area contributed by atoms with E-state index in [1.54, 1.807) is 13.3 Å². The summed E-state index contributed by atoms with van der Waals surface area (Å²) < 4.78 is 6.14. The summed E-state index contributed by atoms with van der Waals surface area (Å²) in [7, 11) is 3.54. The van der Waals surface area contributed by atoms with Crippen molar-refractivity contribution in [1.29, 1.82) is 0 Å². The van der Waals surface area contributed by atoms with Crippen LogP contribution in [-0.2, 0) is 0 Å². The fourth-order valence-electron chi connectivity index (χ4n) is 1.06. The second kappa shape index (κ2) is 4.58. The van der Waals surface area contributed by atoms with E-state index in [1.165, 1.54) is 0 Å². The van der Waals surface area contributed by atoms with E-state index in [2.05, 4.69) is 26.2 Å². The lowest BCUT2D eigenvalue weighted by molar-refractivity contribution is 0.399. The van der Waals surface area contributed by atoms with Crippen molar-refractivity contribution >= 4 is 15.9 Å². The maximum atomic E-state index is 5.22. The number of methoxy groups -OCH3 is 1. The topological polar surface area (TPSA) is 34.2 Å². The molecule has 0 aromatic carbocycles. The first kappa shape index (κ1) is 10.5. The Morgan fingerprint density at radius 2 is 2.31 bits per heavy atom. The van der Waals surface area contributed by atoms with Crippen molar-refractivity contribution < 1.29 is 4.74 Å². The number of halogens is 1. The number of nitrogens with one attached hydrogen (secondary N) is 1. The van der Waals surface area contributed by atoms with Gasteiger partial charge in [-0.15, -0.1) is 0 Å². The number of nitrogens with zero attached hydrogens (tertiary/aromatic N) is 1. The Labute approximate surface area is 86.6 Å². The molecule has 0 unspecified atom stereocenters. The molecule has 1 heterocycles. The van der Waals surface area contributed by atoms with E-state index < -0.39 is 0 Å². The quantitative estimate of drug-likeness (QED) is 0.885. The number of pyridine rings is 1. The van der Waals surface area contributed by atoms with E-state index in [-0.39, 0.29) is 6.04 Å².